The maximum absolute atomic E-state index is 10.9. The largest absolute Gasteiger partial charge is 0.464 e. The maximum Gasteiger partial charge on any atom is 0.216 e. The molecule has 3 rings (SSSR count). The minimum absolute atomic E-state index is 0.0236. The number of rotatable bonds is 5. The summed E-state index contributed by atoms with van der Waals surface area (Å²) in [6.45, 7) is 2.79. The number of carbonyl (C=O) groups excluding carboxylic acids is 1. The lowest BCUT2D eigenvalue weighted by Gasteiger charge is -2.08. The number of benzene rings is 1. The maximum atomic E-state index is 10.9. The number of furan rings is 1. The molecule has 1 aromatic carbocycles. The van der Waals surface area contributed by atoms with Crippen LogP contribution in [0.5, 0.6) is 0 Å². The fourth-order valence-electron chi connectivity index (χ4n) is 2.33. The van der Waals surface area contributed by atoms with Gasteiger partial charge in [-0.3, -0.25) is 4.79 Å². The fourth-order valence-corrected chi connectivity index (χ4v) is 2.33. The lowest BCUT2D eigenvalue weighted by molar-refractivity contribution is -0.118. The summed E-state index contributed by atoms with van der Waals surface area (Å²) in [6, 6.07) is 11.9. The van der Waals surface area contributed by atoms with Crippen LogP contribution in [-0.4, -0.2) is 22.0 Å². The van der Waals surface area contributed by atoms with E-state index in [0.29, 0.717) is 13.1 Å². The molecule has 0 aliphatic rings. The topological polar surface area (TPSA) is 60.1 Å². The first-order valence-corrected chi connectivity index (χ1v) is 7.14. The quantitative estimate of drug-likeness (QED) is 0.787. The van der Waals surface area contributed by atoms with Crippen LogP contribution in [0.1, 0.15) is 6.92 Å². The molecule has 22 heavy (non-hydrogen) atoms. The minimum Gasteiger partial charge on any atom is -0.464 e. The van der Waals surface area contributed by atoms with Crippen LogP contribution in [0.15, 0.2) is 59.5 Å². The Balaban J connectivity index is 1.77. The summed E-state index contributed by atoms with van der Waals surface area (Å²) in [5.74, 6) is 1.71. The standard InChI is InChI=1S/C17H17N3O2/c1-13(21)18-8-10-20-11-9-19-17(20)15-6-4-14(5-7-15)16-3-2-12-22-16/h2-7,9,11-12H,8,10H2,1H3,(H,18,21). The van der Waals surface area contributed by atoms with Crippen molar-refractivity contribution in [2.45, 2.75) is 13.5 Å². The zero-order valence-corrected chi connectivity index (χ0v) is 12.3. The van der Waals surface area contributed by atoms with Gasteiger partial charge < -0.3 is 14.3 Å². The average molecular weight is 295 g/mol. The summed E-state index contributed by atoms with van der Waals surface area (Å²) in [7, 11) is 0. The summed E-state index contributed by atoms with van der Waals surface area (Å²) in [6.07, 6.45) is 5.35. The smallest absolute Gasteiger partial charge is 0.216 e. The van der Waals surface area contributed by atoms with Crippen LogP contribution < -0.4 is 5.32 Å². The van der Waals surface area contributed by atoms with Gasteiger partial charge >= 0.3 is 0 Å². The van der Waals surface area contributed by atoms with Crippen LogP contribution in [0.3, 0.4) is 0 Å². The number of hydrogen-bond acceptors (Lipinski definition) is 3. The zero-order valence-electron chi connectivity index (χ0n) is 12.3. The predicted molar refractivity (Wildman–Crippen MR) is 84.0 cm³/mol. The molecule has 3 aromatic rings. The summed E-state index contributed by atoms with van der Waals surface area (Å²) in [5, 5.41) is 2.79. The second-order valence-corrected chi connectivity index (χ2v) is 4.98. The van der Waals surface area contributed by atoms with Crippen molar-refractivity contribution in [3.05, 3.63) is 55.1 Å². The van der Waals surface area contributed by atoms with Crippen molar-refractivity contribution in [3.8, 4) is 22.7 Å². The van der Waals surface area contributed by atoms with E-state index in [1.165, 1.54) is 6.92 Å². The van der Waals surface area contributed by atoms with Crippen molar-refractivity contribution in [2.24, 2.45) is 0 Å². The van der Waals surface area contributed by atoms with Crippen molar-refractivity contribution in [3.63, 3.8) is 0 Å². The van der Waals surface area contributed by atoms with Crippen LogP contribution in [0.25, 0.3) is 22.7 Å². The van der Waals surface area contributed by atoms with E-state index in [2.05, 4.69) is 10.3 Å². The van der Waals surface area contributed by atoms with Crippen LogP contribution >= 0.6 is 0 Å². The molecule has 2 heterocycles. The van der Waals surface area contributed by atoms with Gasteiger partial charge in [0.1, 0.15) is 11.6 Å². The molecule has 0 aliphatic carbocycles. The van der Waals surface area contributed by atoms with Crippen molar-refractivity contribution < 1.29 is 9.21 Å². The molecule has 0 atom stereocenters. The highest BCUT2D eigenvalue weighted by Gasteiger charge is 2.07. The molecule has 0 radical (unpaired) electrons. The third-order valence-corrected chi connectivity index (χ3v) is 3.39. The molecule has 5 heteroatoms. The Morgan fingerprint density at radius 3 is 2.68 bits per heavy atom. The van der Waals surface area contributed by atoms with Crippen molar-refractivity contribution in [1.29, 1.82) is 0 Å². The van der Waals surface area contributed by atoms with Gasteiger partial charge in [-0.15, -0.1) is 0 Å². The number of nitrogens with one attached hydrogen (secondary N) is 1. The van der Waals surface area contributed by atoms with E-state index in [9.17, 15) is 4.79 Å². The second kappa shape index (κ2) is 6.30. The molecule has 2 aromatic heterocycles. The van der Waals surface area contributed by atoms with E-state index in [1.807, 2.05) is 47.2 Å². The minimum atomic E-state index is -0.0236. The molecule has 5 nitrogen and oxygen atoms in total. The lowest BCUT2D eigenvalue weighted by Crippen LogP contribution is -2.24. The Hall–Kier alpha value is -2.82. The predicted octanol–water partition coefficient (Wildman–Crippen LogP) is 2.95. The Morgan fingerprint density at radius 2 is 2.00 bits per heavy atom. The molecule has 0 aliphatic heterocycles. The number of carbonyl (C=O) groups is 1. The van der Waals surface area contributed by atoms with Gasteiger partial charge in [0.25, 0.3) is 0 Å². The van der Waals surface area contributed by atoms with E-state index >= 15 is 0 Å². The van der Waals surface area contributed by atoms with Crippen molar-refractivity contribution >= 4 is 5.91 Å². The summed E-state index contributed by atoms with van der Waals surface area (Å²) < 4.78 is 7.41. The molecule has 1 N–H and O–H groups in total. The third-order valence-electron chi connectivity index (χ3n) is 3.39. The normalized spacial score (nSPS) is 10.6. The molecule has 1 amide bonds. The molecule has 0 fully saturated rings. The van der Waals surface area contributed by atoms with Crippen LogP contribution in [0.4, 0.5) is 0 Å². The van der Waals surface area contributed by atoms with Crippen molar-refractivity contribution in [2.75, 3.05) is 6.54 Å². The highest BCUT2D eigenvalue weighted by Crippen LogP contribution is 2.24. The summed E-state index contributed by atoms with van der Waals surface area (Å²) in [5.41, 5.74) is 2.06. The number of amides is 1. The number of nitrogens with zero attached hydrogens (tertiary/aromatic N) is 2. The van der Waals surface area contributed by atoms with Gasteiger partial charge in [-0.05, 0) is 12.1 Å². The molecule has 0 saturated heterocycles. The molecule has 0 saturated carbocycles. The number of hydrogen-bond donors (Lipinski definition) is 1. The van der Waals surface area contributed by atoms with Crippen LogP contribution in [-0.2, 0) is 11.3 Å². The summed E-state index contributed by atoms with van der Waals surface area (Å²) in [4.78, 5) is 15.3. The van der Waals surface area contributed by atoms with Gasteiger partial charge in [-0.1, -0.05) is 24.3 Å². The monoisotopic (exact) mass is 295 g/mol. The molecule has 0 unspecified atom stereocenters. The second-order valence-electron chi connectivity index (χ2n) is 4.98. The first kappa shape index (κ1) is 14.1. The highest BCUT2D eigenvalue weighted by atomic mass is 16.3. The zero-order chi connectivity index (χ0) is 15.4. The molecule has 0 bridgehead atoms. The van der Waals surface area contributed by atoms with E-state index in [-0.39, 0.29) is 5.91 Å². The van der Waals surface area contributed by atoms with E-state index in [4.69, 9.17) is 4.42 Å². The average Bonchev–Trinajstić information content (AvgIpc) is 3.19. The van der Waals surface area contributed by atoms with Crippen LogP contribution in [0.2, 0.25) is 0 Å². The van der Waals surface area contributed by atoms with Crippen molar-refractivity contribution in [1.82, 2.24) is 14.9 Å². The molecule has 0 spiro atoms. The van der Waals surface area contributed by atoms with E-state index in [0.717, 1.165) is 22.7 Å². The van der Waals surface area contributed by atoms with E-state index < -0.39 is 0 Å². The van der Waals surface area contributed by atoms with Gasteiger partial charge in [-0.2, -0.15) is 0 Å². The fraction of sp³-hybridized carbons (Fsp3) is 0.176. The Morgan fingerprint density at radius 1 is 1.23 bits per heavy atom. The highest BCUT2D eigenvalue weighted by molar-refractivity contribution is 5.72. The van der Waals surface area contributed by atoms with E-state index in [1.54, 1.807) is 12.5 Å². The van der Waals surface area contributed by atoms with Gasteiger partial charge in [0.05, 0.1) is 6.26 Å². The Kier molecular flexibility index (Phi) is 4.05. The third kappa shape index (κ3) is 3.09. The van der Waals surface area contributed by atoms with Gasteiger partial charge in [0, 0.05) is 43.5 Å². The number of imidazole rings is 1. The summed E-state index contributed by atoms with van der Waals surface area (Å²) >= 11 is 0. The molecule has 112 valence electrons. The van der Waals surface area contributed by atoms with Gasteiger partial charge in [-0.25, -0.2) is 4.98 Å². The first-order valence-electron chi connectivity index (χ1n) is 7.14. The molecular formula is C17H17N3O2. The number of aromatic nitrogens is 2. The Labute approximate surface area is 128 Å². The lowest BCUT2D eigenvalue weighted by atomic mass is 10.1. The Bertz CT molecular complexity index is 743. The van der Waals surface area contributed by atoms with Gasteiger partial charge in [0.15, 0.2) is 0 Å². The SMILES string of the molecule is CC(=O)NCCn1ccnc1-c1ccc(-c2ccco2)cc1. The molecular weight excluding hydrogens is 278 g/mol. The van der Waals surface area contributed by atoms with Crippen LogP contribution in [0, 0.1) is 0 Å². The first-order chi connectivity index (χ1) is 10.7. The van der Waals surface area contributed by atoms with Gasteiger partial charge in [0.2, 0.25) is 5.91 Å².